The third-order valence-corrected chi connectivity index (χ3v) is 2.30. The van der Waals surface area contributed by atoms with Crippen molar-refractivity contribution >= 4 is 0 Å². The van der Waals surface area contributed by atoms with E-state index in [2.05, 4.69) is 48.2 Å². The second-order valence-electron chi connectivity index (χ2n) is 3.70. The van der Waals surface area contributed by atoms with Crippen LogP contribution in [-0.4, -0.2) is 14.8 Å². The molecule has 0 aliphatic heterocycles. The molecule has 15 heavy (non-hydrogen) atoms. The molecule has 0 atom stereocenters. The molecule has 0 unspecified atom stereocenters. The first-order valence-corrected chi connectivity index (χ1v) is 5.26. The SMILES string of the molecule is CCCn1cnc(-c2ccc(C)cc2)n1. The Morgan fingerprint density at radius 3 is 2.60 bits per heavy atom. The van der Waals surface area contributed by atoms with Crippen LogP contribution in [0.3, 0.4) is 0 Å². The molecule has 0 saturated carbocycles. The minimum atomic E-state index is 0.809. The van der Waals surface area contributed by atoms with Crippen molar-refractivity contribution in [3.8, 4) is 11.4 Å². The number of aryl methyl sites for hydroxylation is 2. The van der Waals surface area contributed by atoms with Crippen molar-refractivity contribution in [2.75, 3.05) is 0 Å². The molecule has 0 amide bonds. The molecular formula is C12H15N3. The standard InChI is InChI=1S/C12H15N3/c1-3-8-15-9-13-12(14-15)11-6-4-10(2)5-7-11/h4-7,9H,3,8H2,1-2H3. The zero-order chi connectivity index (χ0) is 10.7. The fourth-order valence-corrected chi connectivity index (χ4v) is 1.47. The summed E-state index contributed by atoms with van der Waals surface area (Å²) in [5.74, 6) is 0.809. The van der Waals surface area contributed by atoms with E-state index < -0.39 is 0 Å². The summed E-state index contributed by atoms with van der Waals surface area (Å²) in [5.41, 5.74) is 2.34. The van der Waals surface area contributed by atoms with Crippen LogP contribution in [0.15, 0.2) is 30.6 Å². The van der Waals surface area contributed by atoms with Crippen molar-refractivity contribution in [3.05, 3.63) is 36.2 Å². The summed E-state index contributed by atoms with van der Waals surface area (Å²) in [5, 5.41) is 4.41. The highest BCUT2D eigenvalue weighted by atomic mass is 15.3. The molecule has 0 spiro atoms. The molecule has 0 radical (unpaired) electrons. The summed E-state index contributed by atoms with van der Waals surface area (Å²) in [6, 6.07) is 8.27. The minimum absolute atomic E-state index is 0.809. The summed E-state index contributed by atoms with van der Waals surface area (Å²) < 4.78 is 1.88. The zero-order valence-electron chi connectivity index (χ0n) is 9.14. The van der Waals surface area contributed by atoms with Crippen molar-refractivity contribution in [1.29, 1.82) is 0 Å². The smallest absolute Gasteiger partial charge is 0.181 e. The lowest BCUT2D eigenvalue weighted by atomic mass is 10.1. The Balaban J connectivity index is 2.25. The van der Waals surface area contributed by atoms with Gasteiger partial charge < -0.3 is 0 Å². The van der Waals surface area contributed by atoms with E-state index in [-0.39, 0.29) is 0 Å². The van der Waals surface area contributed by atoms with Gasteiger partial charge in [0.2, 0.25) is 0 Å². The van der Waals surface area contributed by atoms with Gasteiger partial charge in [-0.2, -0.15) is 5.10 Å². The van der Waals surface area contributed by atoms with Crippen molar-refractivity contribution in [2.45, 2.75) is 26.8 Å². The molecule has 78 valence electrons. The Morgan fingerprint density at radius 1 is 1.20 bits per heavy atom. The molecule has 0 aliphatic rings. The Bertz CT molecular complexity index is 428. The van der Waals surface area contributed by atoms with Crippen LogP contribution in [0.5, 0.6) is 0 Å². The van der Waals surface area contributed by atoms with Crippen LogP contribution in [0.4, 0.5) is 0 Å². The number of hydrogen-bond donors (Lipinski definition) is 0. The first-order chi connectivity index (χ1) is 7.29. The van der Waals surface area contributed by atoms with Crippen LogP contribution < -0.4 is 0 Å². The van der Waals surface area contributed by atoms with Gasteiger partial charge in [0.1, 0.15) is 6.33 Å². The van der Waals surface area contributed by atoms with Crippen LogP contribution in [0, 0.1) is 6.92 Å². The normalized spacial score (nSPS) is 10.5. The fraction of sp³-hybridized carbons (Fsp3) is 0.333. The van der Waals surface area contributed by atoms with E-state index in [1.165, 1.54) is 5.56 Å². The van der Waals surface area contributed by atoms with Crippen molar-refractivity contribution in [1.82, 2.24) is 14.8 Å². The second kappa shape index (κ2) is 4.26. The summed E-state index contributed by atoms with van der Waals surface area (Å²) in [6.45, 7) is 5.14. The first-order valence-electron chi connectivity index (χ1n) is 5.26. The summed E-state index contributed by atoms with van der Waals surface area (Å²) in [4.78, 5) is 4.29. The Labute approximate surface area is 89.8 Å². The highest BCUT2D eigenvalue weighted by molar-refractivity contribution is 5.54. The van der Waals surface area contributed by atoms with Gasteiger partial charge in [-0.1, -0.05) is 36.8 Å². The number of aromatic nitrogens is 3. The molecular weight excluding hydrogens is 186 g/mol. The zero-order valence-corrected chi connectivity index (χ0v) is 9.14. The van der Waals surface area contributed by atoms with E-state index in [0.29, 0.717) is 0 Å². The molecule has 0 N–H and O–H groups in total. The van der Waals surface area contributed by atoms with Crippen molar-refractivity contribution < 1.29 is 0 Å². The summed E-state index contributed by atoms with van der Waals surface area (Å²) in [6.07, 6.45) is 2.87. The Kier molecular flexibility index (Phi) is 2.81. The van der Waals surface area contributed by atoms with Gasteiger partial charge in [0.15, 0.2) is 5.82 Å². The van der Waals surface area contributed by atoms with Gasteiger partial charge in [-0.05, 0) is 13.3 Å². The fourth-order valence-electron chi connectivity index (χ4n) is 1.47. The van der Waals surface area contributed by atoms with Crippen molar-refractivity contribution in [2.24, 2.45) is 0 Å². The minimum Gasteiger partial charge on any atom is -0.252 e. The average molecular weight is 201 g/mol. The van der Waals surface area contributed by atoms with E-state index in [4.69, 9.17) is 0 Å². The van der Waals surface area contributed by atoms with E-state index >= 15 is 0 Å². The molecule has 2 aromatic rings. The van der Waals surface area contributed by atoms with Gasteiger partial charge in [0.25, 0.3) is 0 Å². The predicted octanol–water partition coefficient (Wildman–Crippen LogP) is 2.66. The third kappa shape index (κ3) is 2.24. The molecule has 0 bridgehead atoms. The van der Waals surface area contributed by atoms with E-state index in [1.807, 2.05) is 4.68 Å². The number of rotatable bonds is 3. The predicted molar refractivity (Wildman–Crippen MR) is 60.5 cm³/mol. The number of nitrogens with zero attached hydrogens (tertiary/aromatic N) is 3. The van der Waals surface area contributed by atoms with Crippen LogP contribution in [-0.2, 0) is 6.54 Å². The molecule has 1 aromatic heterocycles. The first kappa shape index (κ1) is 9.90. The molecule has 1 heterocycles. The van der Waals surface area contributed by atoms with Crippen LogP contribution >= 0.6 is 0 Å². The lowest BCUT2D eigenvalue weighted by molar-refractivity contribution is 0.602. The van der Waals surface area contributed by atoms with Gasteiger partial charge in [-0.25, -0.2) is 4.98 Å². The van der Waals surface area contributed by atoms with E-state index in [1.54, 1.807) is 6.33 Å². The van der Waals surface area contributed by atoms with Gasteiger partial charge in [-0.15, -0.1) is 0 Å². The lowest BCUT2D eigenvalue weighted by Gasteiger charge is -1.96. The molecule has 3 nitrogen and oxygen atoms in total. The van der Waals surface area contributed by atoms with Crippen LogP contribution in [0.25, 0.3) is 11.4 Å². The van der Waals surface area contributed by atoms with Crippen molar-refractivity contribution in [3.63, 3.8) is 0 Å². The maximum Gasteiger partial charge on any atom is 0.181 e. The summed E-state index contributed by atoms with van der Waals surface area (Å²) >= 11 is 0. The topological polar surface area (TPSA) is 30.7 Å². The van der Waals surface area contributed by atoms with Crippen LogP contribution in [0.2, 0.25) is 0 Å². The van der Waals surface area contributed by atoms with Crippen LogP contribution in [0.1, 0.15) is 18.9 Å². The van der Waals surface area contributed by atoms with Gasteiger partial charge in [0, 0.05) is 12.1 Å². The molecule has 3 heteroatoms. The maximum absolute atomic E-state index is 4.41. The molecule has 0 aliphatic carbocycles. The number of benzene rings is 1. The Hall–Kier alpha value is -1.64. The van der Waals surface area contributed by atoms with Gasteiger partial charge in [0.05, 0.1) is 0 Å². The van der Waals surface area contributed by atoms with Gasteiger partial charge >= 0.3 is 0 Å². The molecule has 0 saturated heterocycles. The second-order valence-corrected chi connectivity index (χ2v) is 3.70. The van der Waals surface area contributed by atoms with E-state index in [9.17, 15) is 0 Å². The highest BCUT2D eigenvalue weighted by Gasteiger charge is 2.02. The number of hydrogen-bond acceptors (Lipinski definition) is 2. The maximum atomic E-state index is 4.41. The summed E-state index contributed by atoms with van der Waals surface area (Å²) in [7, 11) is 0. The van der Waals surface area contributed by atoms with E-state index in [0.717, 1.165) is 24.4 Å². The monoisotopic (exact) mass is 201 g/mol. The average Bonchev–Trinajstić information content (AvgIpc) is 2.68. The van der Waals surface area contributed by atoms with Gasteiger partial charge in [-0.3, -0.25) is 4.68 Å². The third-order valence-electron chi connectivity index (χ3n) is 2.30. The molecule has 0 fully saturated rings. The Morgan fingerprint density at radius 2 is 1.93 bits per heavy atom. The molecule has 2 rings (SSSR count). The largest absolute Gasteiger partial charge is 0.252 e. The molecule has 1 aromatic carbocycles. The lowest BCUT2D eigenvalue weighted by Crippen LogP contribution is -1.96. The highest BCUT2D eigenvalue weighted by Crippen LogP contribution is 2.14. The quantitative estimate of drug-likeness (QED) is 0.764.